The summed E-state index contributed by atoms with van der Waals surface area (Å²) < 4.78 is 9.41. The molecule has 0 aliphatic heterocycles. The lowest BCUT2D eigenvalue weighted by atomic mass is 10.7. The van der Waals surface area contributed by atoms with Crippen LogP contribution in [0.4, 0.5) is 0 Å². The van der Waals surface area contributed by atoms with E-state index in [9.17, 15) is 0 Å². The molecular formula is C5H11O3P. The van der Waals surface area contributed by atoms with Gasteiger partial charge >= 0.3 is 8.60 Å². The molecule has 54 valence electrons. The van der Waals surface area contributed by atoms with Gasteiger partial charge in [-0.15, -0.1) is 6.58 Å². The second-order valence-corrected chi connectivity index (χ2v) is 2.23. The first-order valence-corrected chi connectivity index (χ1v) is 3.80. The maximum absolute atomic E-state index is 8.75. The predicted molar refractivity (Wildman–Crippen MR) is 36.9 cm³/mol. The van der Waals surface area contributed by atoms with Crippen LogP contribution < -0.4 is 0 Å². The normalized spacial score (nSPS) is 13.1. The summed E-state index contributed by atoms with van der Waals surface area (Å²) in [6, 6.07) is 0. The van der Waals surface area contributed by atoms with Crippen molar-refractivity contribution < 1.29 is 13.9 Å². The number of hydrogen-bond acceptors (Lipinski definition) is 3. The van der Waals surface area contributed by atoms with Gasteiger partial charge in [0.2, 0.25) is 0 Å². The minimum absolute atomic E-state index is 0.336. The van der Waals surface area contributed by atoms with Crippen molar-refractivity contribution in [3.8, 4) is 0 Å². The molecule has 0 spiro atoms. The summed E-state index contributed by atoms with van der Waals surface area (Å²) in [7, 11) is -1.66. The molecule has 3 nitrogen and oxygen atoms in total. The molecule has 1 N–H and O–H groups in total. The van der Waals surface area contributed by atoms with Crippen molar-refractivity contribution in [2.24, 2.45) is 0 Å². The standard InChI is InChI=1S/C5H11O3P/c1-3-5-8-9(6)7-4-2/h3,6H,1,4-5H2,2H3. The third kappa shape index (κ3) is 5.93. The molecule has 0 rings (SSSR count). The largest absolute Gasteiger partial charge is 0.330 e. The van der Waals surface area contributed by atoms with E-state index in [1.54, 1.807) is 13.0 Å². The molecule has 0 aliphatic rings. The van der Waals surface area contributed by atoms with E-state index in [0.717, 1.165) is 0 Å². The Morgan fingerprint density at radius 2 is 2.33 bits per heavy atom. The summed E-state index contributed by atoms with van der Waals surface area (Å²) >= 11 is 0. The highest BCUT2D eigenvalue weighted by molar-refractivity contribution is 7.40. The Balaban J connectivity index is 3.04. The molecule has 0 saturated heterocycles. The van der Waals surface area contributed by atoms with Crippen LogP contribution in [0.1, 0.15) is 6.92 Å². The first kappa shape index (κ1) is 9.05. The van der Waals surface area contributed by atoms with Crippen LogP contribution >= 0.6 is 8.60 Å². The van der Waals surface area contributed by atoms with Crippen molar-refractivity contribution in [2.45, 2.75) is 6.92 Å². The van der Waals surface area contributed by atoms with E-state index < -0.39 is 8.60 Å². The molecule has 0 aromatic rings. The average molecular weight is 150 g/mol. The first-order valence-electron chi connectivity index (χ1n) is 2.67. The zero-order chi connectivity index (χ0) is 7.11. The Hall–Kier alpha value is 0.0500. The highest BCUT2D eigenvalue weighted by atomic mass is 31.2. The van der Waals surface area contributed by atoms with E-state index in [4.69, 9.17) is 13.9 Å². The van der Waals surface area contributed by atoms with Gasteiger partial charge < -0.3 is 13.9 Å². The Kier molecular flexibility index (Phi) is 6.21. The molecule has 0 amide bonds. The summed E-state index contributed by atoms with van der Waals surface area (Å²) in [6.07, 6.45) is 1.56. The van der Waals surface area contributed by atoms with Gasteiger partial charge in [-0.25, -0.2) is 0 Å². The first-order chi connectivity index (χ1) is 4.31. The molecular weight excluding hydrogens is 139 g/mol. The van der Waals surface area contributed by atoms with E-state index in [0.29, 0.717) is 13.2 Å². The highest BCUT2D eigenvalue weighted by Gasteiger charge is 2.01. The van der Waals surface area contributed by atoms with Gasteiger partial charge in [0.05, 0.1) is 13.2 Å². The van der Waals surface area contributed by atoms with Crippen molar-refractivity contribution in [3.05, 3.63) is 12.7 Å². The van der Waals surface area contributed by atoms with E-state index in [-0.39, 0.29) is 0 Å². The Labute approximate surface area is 56.3 Å². The van der Waals surface area contributed by atoms with Crippen LogP contribution in [0.3, 0.4) is 0 Å². The van der Waals surface area contributed by atoms with Crippen LogP contribution in [0.2, 0.25) is 0 Å². The summed E-state index contributed by atoms with van der Waals surface area (Å²) in [5.74, 6) is 0. The van der Waals surface area contributed by atoms with Crippen LogP contribution in [0.25, 0.3) is 0 Å². The Morgan fingerprint density at radius 3 is 2.78 bits per heavy atom. The lowest BCUT2D eigenvalue weighted by Gasteiger charge is -2.05. The second-order valence-electron chi connectivity index (χ2n) is 1.24. The molecule has 0 fully saturated rings. The molecule has 4 heteroatoms. The fraction of sp³-hybridized carbons (Fsp3) is 0.600. The van der Waals surface area contributed by atoms with Crippen molar-refractivity contribution >= 4 is 8.60 Å². The quantitative estimate of drug-likeness (QED) is 0.476. The summed E-state index contributed by atoms with van der Waals surface area (Å²) in [4.78, 5) is 8.75. The molecule has 0 radical (unpaired) electrons. The predicted octanol–water partition coefficient (Wildman–Crippen LogP) is 1.44. The van der Waals surface area contributed by atoms with Gasteiger partial charge in [0.1, 0.15) is 0 Å². The van der Waals surface area contributed by atoms with Crippen molar-refractivity contribution in [1.29, 1.82) is 0 Å². The maximum atomic E-state index is 8.75. The van der Waals surface area contributed by atoms with E-state index in [2.05, 4.69) is 6.58 Å². The van der Waals surface area contributed by atoms with Gasteiger partial charge in [-0.2, -0.15) is 0 Å². The van der Waals surface area contributed by atoms with Crippen LogP contribution in [-0.4, -0.2) is 18.1 Å². The highest BCUT2D eigenvalue weighted by Crippen LogP contribution is 2.31. The molecule has 0 bridgehead atoms. The van der Waals surface area contributed by atoms with Gasteiger partial charge in [0, 0.05) is 0 Å². The second kappa shape index (κ2) is 6.17. The summed E-state index contributed by atoms with van der Waals surface area (Å²) in [5, 5.41) is 0. The van der Waals surface area contributed by atoms with E-state index in [1.165, 1.54) is 0 Å². The van der Waals surface area contributed by atoms with Gasteiger partial charge in [-0.1, -0.05) is 6.08 Å². The minimum Gasteiger partial charge on any atom is -0.328 e. The average Bonchev–Trinajstić information content (AvgIpc) is 1.85. The zero-order valence-electron chi connectivity index (χ0n) is 5.41. The molecule has 0 heterocycles. The number of hydrogen-bond donors (Lipinski definition) is 1. The molecule has 0 aromatic heterocycles. The van der Waals surface area contributed by atoms with E-state index in [1.807, 2.05) is 0 Å². The van der Waals surface area contributed by atoms with Crippen LogP contribution in [-0.2, 0) is 9.05 Å². The van der Waals surface area contributed by atoms with Gasteiger partial charge in [0.25, 0.3) is 0 Å². The Bertz CT molecular complexity index is 76.6. The molecule has 9 heavy (non-hydrogen) atoms. The monoisotopic (exact) mass is 150 g/mol. The summed E-state index contributed by atoms with van der Waals surface area (Å²) in [6.45, 7) is 6.01. The molecule has 1 unspecified atom stereocenters. The lowest BCUT2D eigenvalue weighted by Crippen LogP contribution is -1.88. The fourth-order valence-corrected chi connectivity index (χ4v) is 0.793. The number of rotatable bonds is 5. The lowest BCUT2D eigenvalue weighted by molar-refractivity contribution is 0.224. The fourth-order valence-electron chi connectivity index (χ4n) is 0.264. The molecule has 1 atom stereocenters. The van der Waals surface area contributed by atoms with Crippen LogP contribution in [0.5, 0.6) is 0 Å². The minimum atomic E-state index is -1.66. The van der Waals surface area contributed by atoms with Crippen LogP contribution in [0.15, 0.2) is 12.7 Å². The van der Waals surface area contributed by atoms with E-state index >= 15 is 0 Å². The van der Waals surface area contributed by atoms with Crippen molar-refractivity contribution in [2.75, 3.05) is 13.2 Å². The van der Waals surface area contributed by atoms with Crippen molar-refractivity contribution in [3.63, 3.8) is 0 Å². The Morgan fingerprint density at radius 1 is 1.67 bits per heavy atom. The van der Waals surface area contributed by atoms with Gasteiger partial charge in [-0.3, -0.25) is 0 Å². The topological polar surface area (TPSA) is 38.7 Å². The zero-order valence-corrected chi connectivity index (χ0v) is 6.30. The molecule has 0 aromatic carbocycles. The molecule has 0 aliphatic carbocycles. The summed E-state index contributed by atoms with van der Waals surface area (Å²) in [5.41, 5.74) is 0. The maximum Gasteiger partial charge on any atom is 0.330 e. The van der Waals surface area contributed by atoms with Crippen molar-refractivity contribution in [1.82, 2.24) is 0 Å². The smallest absolute Gasteiger partial charge is 0.328 e. The molecule has 0 saturated carbocycles. The van der Waals surface area contributed by atoms with Gasteiger partial charge in [0.15, 0.2) is 0 Å². The SMILES string of the molecule is C=CCOP(O)OCC. The van der Waals surface area contributed by atoms with Crippen LogP contribution in [0, 0.1) is 0 Å². The third-order valence-corrected chi connectivity index (χ3v) is 1.39. The van der Waals surface area contributed by atoms with Gasteiger partial charge in [-0.05, 0) is 6.92 Å². The third-order valence-electron chi connectivity index (χ3n) is 0.542.